The molecule has 3 aromatic heterocycles. The van der Waals surface area contributed by atoms with E-state index in [2.05, 4.69) is 66.1 Å². The second-order valence-electron chi connectivity index (χ2n) is 13.6. The minimum atomic E-state index is -0.337. The first-order valence-corrected chi connectivity index (χ1v) is 16.4. The van der Waals surface area contributed by atoms with Crippen molar-refractivity contribution in [3.63, 3.8) is 0 Å². The van der Waals surface area contributed by atoms with Gasteiger partial charge in [-0.2, -0.15) is 0 Å². The number of rotatable bonds is 9. The molecule has 0 aliphatic heterocycles. The summed E-state index contributed by atoms with van der Waals surface area (Å²) in [7, 11) is 0. The number of nitrogens with zero attached hydrogens (tertiary/aromatic N) is 3. The smallest absolute Gasteiger partial charge is 0.164 e. The average molecular weight is 811 g/mol. The third kappa shape index (κ3) is 8.44. The minimum Gasteiger partial charge on any atom is -0.512 e. The third-order valence-electron chi connectivity index (χ3n) is 9.73. The summed E-state index contributed by atoms with van der Waals surface area (Å²) >= 11 is 0. The molecule has 0 saturated heterocycles. The van der Waals surface area contributed by atoms with Crippen LogP contribution in [0.15, 0.2) is 83.6 Å². The predicted molar refractivity (Wildman–Crippen MR) is 189 cm³/mol. The van der Waals surface area contributed by atoms with Gasteiger partial charge in [0, 0.05) is 60.5 Å². The van der Waals surface area contributed by atoms with E-state index in [-0.39, 0.29) is 47.9 Å². The molecule has 5 rings (SSSR count). The van der Waals surface area contributed by atoms with Crippen molar-refractivity contribution in [1.82, 2.24) is 15.0 Å². The second kappa shape index (κ2) is 15.5. The zero-order chi connectivity index (χ0) is 33.7. The first-order valence-electron chi connectivity index (χ1n) is 16.4. The molecule has 0 unspecified atom stereocenters. The number of hydrogen-bond acceptors (Lipinski definition) is 6. The summed E-state index contributed by atoms with van der Waals surface area (Å²) in [4.78, 5) is 25.6. The van der Waals surface area contributed by atoms with E-state index in [1.165, 1.54) is 17.0 Å². The molecule has 2 aromatic carbocycles. The molecule has 0 saturated carbocycles. The maximum Gasteiger partial charge on any atom is 0.164 e. The molecule has 0 spiro atoms. The Morgan fingerprint density at radius 1 is 0.851 bits per heavy atom. The molecule has 1 N–H and O–H groups in total. The van der Waals surface area contributed by atoms with E-state index in [0.717, 1.165) is 64.7 Å². The van der Waals surface area contributed by atoms with Crippen molar-refractivity contribution in [2.24, 2.45) is 10.8 Å². The molecule has 3 heterocycles. The van der Waals surface area contributed by atoms with Crippen LogP contribution in [0.5, 0.6) is 0 Å². The van der Waals surface area contributed by atoms with E-state index in [9.17, 15) is 9.90 Å². The molecular formula is C40H48IrN3O3-. The Morgan fingerprint density at radius 3 is 2.13 bits per heavy atom. The fraction of sp³-hybridized carbons (Fsp3) is 0.400. The Hall–Kier alpha value is -3.67. The van der Waals surface area contributed by atoms with Crippen molar-refractivity contribution in [1.29, 1.82) is 0 Å². The number of pyridine rings is 1. The fourth-order valence-electron chi connectivity index (χ4n) is 5.32. The number of benzene rings is 2. The number of carbonyl (C=O) groups is 1. The summed E-state index contributed by atoms with van der Waals surface area (Å²) in [5, 5.41) is 12.5. The van der Waals surface area contributed by atoms with Gasteiger partial charge in [-0.3, -0.25) is 14.8 Å². The Bertz CT molecular complexity index is 1840. The summed E-state index contributed by atoms with van der Waals surface area (Å²) in [6.45, 7) is 18.8. The van der Waals surface area contributed by atoms with Gasteiger partial charge in [-0.25, -0.2) is 4.98 Å². The Balaban J connectivity index is 0.000000290. The monoisotopic (exact) mass is 811 g/mol. The van der Waals surface area contributed by atoms with Crippen LogP contribution in [-0.4, -0.2) is 25.8 Å². The van der Waals surface area contributed by atoms with Crippen LogP contribution in [0.2, 0.25) is 0 Å². The molecule has 0 bridgehead atoms. The SMILES string of the molecule is CC(C)(C)c1cc(-c2cc(-c3cnc4ccoc4c3)ncn2)[c-]c2ccccc12.CCC(C)(CC)C(=O)/C=C(\O)C(C)(CC)CC.[Ir]. The summed E-state index contributed by atoms with van der Waals surface area (Å²) < 4.78 is 5.48. The number of furan rings is 1. The van der Waals surface area contributed by atoms with Gasteiger partial charge in [0.2, 0.25) is 0 Å². The van der Waals surface area contributed by atoms with Crippen molar-refractivity contribution >= 4 is 27.7 Å². The van der Waals surface area contributed by atoms with E-state index in [4.69, 9.17) is 4.42 Å². The van der Waals surface area contributed by atoms with E-state index in [1.54, 1.807) is 12.6 Å². The molecule has 1 radical (unpaired) electrons. The van der Waals surface area contributed by atoms with Crippen molar-refractivity contribution in [2.75, 3.05) is 0 Å². The molecule has 47 heavy (non-hydrogen) atoms. The van der Waals surface area contributed by atoms with Crippen LogP contribution in [0.1, 0.15) is 93.6 Å². The van der Waals surface area contributed by atoms with Gasteiger partial charge in [0.15, 0.2) is 11.4 Å². The van der Waals surface area contributed by atoms with E-state index >= 15 is 0 Å². The van der Waals surface area contributed by atoms with Crippen LogP contribution in [-0.2, 0) is 30.3 Å². The number of ketones is 1. The standard InChI is InChI=1S/C25H20N3O.C15H28O2.Ir/c1-25(2,3)20-11-17(10-16-6-4-5-7-19(16)20)22-13-23(28-15-27-22)18-12-24-21(26-14-18)8-9-29-24;1-7-14(5,8-2)12(16)11-13(17)15(6,9-3)10-4;/h4-9,11-15H,1-3H3;11,16H,7-10H2,1-6H3;/q-1;;/b;12-11-;. The summed E-state index contributed by atoms with van der Waals surface area (Å²) in [6.07, 6.45) is 9.81. The van der Waals surface area contributed by atoms with E-state index in [0.29, 0.717) is 0 Å². The third-order valence-corrected chi connectivity index (χ3v) is 9.73. The van der Waals surface area contributed by atoms with Gasteiger partial charge in [0.25, 0.3) is 0 Å². The number of allylic oxidation sites excluding steroid dienone is 2. The number of fused-ring (bicyclic) bond motifs is 2. The van der Waals surface area contributed by atoms with Crippen LogP contribution >= 0.6 is 0 Å². The Kier molecular flexibility index (Phi) is 12.4. The van der Waals surface area contributed by atoms with E-state index < -0.39 is 0 Å². The summed E-state index contributed by atoms with van der Waals surface area (Å²) in [6, 6.07) is 19.9. The van der Waals surface area contributed by atoms with Gasteiger partial charge >= 0.3 is 0 Å². The summed E-state index contributed by atoms with van der Waals surface area (Å²) in [5.74, 6) is 0.286. The molecule has 0 fully saturated rings. The fourth-order valence-corrected chi connectivity index (χ4v) is 5.32. The Labute approximate surface area is 293 Å². The molecule has 6 nitrogen and oxygen atoms in total. The number of aromatic nitrogens is 3. The maximum atomic E-state index is 12.2. The number of carbonyl (C=O) groups excluding carboxylic acids is 1. The minimum absolute atomic E-state index is 0. The van der Waals surface area contributed by atoms with Gasteiger partial charge in [0.05, 0.1) is 12.0 Å². The first-order chi connectivity index (χ1) is 21.8. The largest absolute Gasteiger partial charge is 0.512 e. The normalized spacial score (nSPS) is 12.4. The van der Waals surface area contributed by atoms with Gasteiger partial charge < -0.3 is 9.52 Å². The predicted octanol–water partition coefficient (Wildman–Crippen LogP) is 10.9. The Morgan fingerprint density at radius 2 is 1.49 bits per heavy atom. The molecule has 0 amide bonds. The molecule has 0 aliphatic carbocycles. The zero-order valence-electron chi connectivity index (χ0n) is 29.2. The van der Waals surface area contributed by atoms with Crippen LogP contribution in [0, 0.1) is 16.9 Å². The maximum absolute atomic E-state index is 12.2. The summed E-state index contributed by atoms with van der Waals surface area (Å²) in [5.41, 5.74) is 5.76. The second-order valence-corrected chi connectivity index (χ2v) is 13.6. The van der Waals surface area contributed by atoms with Crippen LogP contribution in [0.4, 0.5) is 0 Å². The first kappa shape index (κ1) is 37.8. The molecule has 0 aliphatic rings. The topological polar surface area (TPSA) is 89.1 Å². The van der Waals surface area contributed by atoms with Gasteiger partial charge in [-0.15, -0.1) is 29.1 Å². The number of hydrogen-bond donors (Lipinski definition) is 1. The molecule has 5 aromatic rings. The average Bonchev–Trinajstić information content (AvgIpc) is 3.55. The quantitative estimate of drug-likeness (QED) is 0.0906. The van der Waals surface area contributed by atoms with Crippen LogP contribution < -0.4 is 0 Å². The molecule has 251 valence electrons. The van der Waals surface area contributed by atoms with Crippen molar-refractivity contribution < 1.29 is 34.4 Å². The van der Waals surface area contributed by atoms with Crippen molar-refractivity contribution in [2.45, 2.75) is 93.4 Å². The number of aliphatic hydroxyl groups excluding tert-OH is 1. The van der Waals surface area contributed by atoms with Gasteiger partial charge in [0.1, 0.15) is 17.6 Å². The van der Waals surface area contributed by atoms with Crippen LogP contribution in [0.3, 0.4) is 0 Å². The molecule has 7 heteroatoms. The van der Waals surface area contributed by atoms with Crippen molar-refractivity contribution in [3.8, 4) is 22.5 Å². The van der Waals surface area contributed by atoms with E-state index in [1.807, 2.05) is 72.0 Å². The zero-order valence-corrected chi connectivity index (χ0v) is 31.6. The van der Waals surface area contributed by atoms with Gasteiger partial charge in [-0.1, -0.05) is 91.5 Å². The molecule has 0 atom stereocenters. The molecular weight excluding hydrogens is 763 g/mol. The van der Waals surface area contributed by atoms with Gasteiger partial charge in [-0.05, 0) is 43.2 Å². The van der Waals surface area contributed by atoms with Crippen LogP contribution in [0.25, 0.3) is 44.4 Å². The van der Waals surface area contributed by atoms with Crippen molar-refractivity contribution in [3.05, 3.63) is 90.8 Å². The number of aliphatic hydroxyl groups is 1.